The SMILES string of the molecule is C[Si](C)(C)CCOC([O-])=NS(C)(=O)=O.[B]B([B])B([B])B([B])[B]. The fourth-order valence-electron chi connectivity index (χ4n) is 0.863. The molecule has 0 fully saturated rings. The van der Waals surface area contributed by atoms with Crippen molar-refractivity contribution < 1.29 is 18.3 Å². The van der Waals surface area contributed by atoms with Crippen molar-refractivity contribution in [3.05, 3.63) is 0 Å². The second-order valence-electron chi connectivity index (χ2n) is 5.98. The standard InChI is InChI=1S/C7H17NO4SSi.B8/c1-13(10,11)8-7(9)12-5-6-14(2,3)4;1-6(2)8(5)7(3)4/h5-6H2,1-4H3,(H,8,9);/p-1. The van der Waals surface area contributed by atoms with E-state index in [1.165, 1.54) is 0 Å². The number of sulfonamides is 1. The van der Waals surface area contributed by atoms with Crippen LogP contribution in [0, 0.1) is 0 Å². The summed E-state index contributed by atoms with van der Waals surface area (Å²) in [7, 11) is 20.9. The first-order valence-corrected chi connectivity index (χ1v) is 12.1. The van der Waals surface area contributed by atoms with E-state index in [0.29, 0.717) is 0 Å². The summed E-state index contributed by atoms with van der Waals surface area (Å²) in [5.74, 6) is 0. The zero-order valence-electron chi connectivity index (χ0n) is 13.5. The van der Waals surface area contributed by atoms with Gasteiger partial charge in [-0.2, -0.15) is 0 Å². The zero-order chi connectivity index (χ0) is 18.1. The second-order valence-corrected chi connectivity index (χ2v) is 13.3. The van der Waals surface area contributed by atoms with Crippen LogP contribution in [-0.4, -0.2) is 93.3 Å². The summed E-state index contributed by atoms with van der Waals surface area (Å²) in [6.45, 7) is 6.64. The van der Waals surface area contributed by atoms with Gasteiger partial charge in [0.15, 0.2) is 6.08 Å². The van der Waals surface area contributed by atoms with Gasteiger partial charge in [0.2, 0.25) is 0 Å². The monoisotopic (exact) mass is 326 g/mol. The van der Waals surface area contributed by atoms with Crippen molar-refractivity contribution in [1.29, 1.82) is 0 Å². The highest BCUT2D eigenvalue weighted by Gasteiger charge is 2.14. The zero-order valence-corrected chi connectivity index (χ0v) is 15.3. The summed E-state index contributed by atoms with van der Waals surface area (Å²) in [6.07, 6.45) is -1.95. The van der Waals surface area contributed by atoms with Crippen molar-refractivity contribution in [1.82, 2.24) is 0 Å². The Kier molecular flexibility index (Phi) is 11.8. The van der Waals surface area contributed by atoms with Gasteiger partial charge in [0.05, 0.1) is 6.26 Å². The minimum absolute atomic E-state index is 0.244. The molecule has 0 heterocycles. The van der Waals surface area contributed by atoms with E-state index in [-0.39, 0.29) is 6.61 Å². The van der Waals surface area contributed by atoms with Crippen molar-refractivity contribution in [3.8, 4) is 0 Å². The third kappa shape index (κ3) is 18.0. The Morgan fingerprint density at radius 1 is 1.14 bits per heavy atom. The molecule has 15 heteroatoms. The molecule has 0 amide bonds. The molecule has 5 nitrogen and oxygen atoms in total. The van der Waals surface area contributed by atoms with Gasteiger partial charge in [-0.3, -0.25) is 0 Å². The van der Waals surface area contributed by atoms with Crippen LogP contribution in [0.3, 0.4) is 0 Å². The van der Waals surface area contributed by atoms with Crippen molar-refractivity contribution in [2.45, 2.75) is 25.7 Å². The molecule has 0 aliphatic heterocycles. The van der Waals surface area contributed by atoms with Crippen LogP contribution in [0.1, 0.15) is 0 Å². The van der Waals surface area contributed by atoms with E-state index in [4.69, 9.17) is 38.7 Å². The third-order valence-electron chi connectivity index (χ3n) is 2.21. The van der Waals surface area contributed by atoms with Gasteiger partial charge in [0.25, 0.3) is 10.0 Å². The average Bonchev–Trinajstić information content (AvgIpc) is 2.23. The molecule has 0 atom stereocenters. The van der Waals surface area contributed by atoms with Crippen molar-refractivity contribution in [2.24, 2.45) is 4.40 Å². The lowest BCUT2D eigenvalue weighted by Gasteiger charge is -2.20. The largest absolute Gasteiger partial charge is 0.600 e. The molecule has 0 aliphatic rings. The van der Waals surface area contributed by atoms with Gasteiger partial charge in [-0.15, -0.1) is 4.40 Å². The second kappa shape index (κ2) is 10.7. The first kappa shape index (κ1) is 24.2. The van der Waals surface area contributed by atoms with Gasteiger partial charge >= 0.3 is 0 Å². The molecule has 0 aromatic heterocycles. The summed E-state index contributed by atoms with van der Waals surface area (Å²) >= 11 is 0. The lowest BCUT2D eigenvalue weighted by atomic mass is 8.68. The maximum absolute atomic E-state index is 10.8. The Morgan fingerprint density at radius 3 is 1.77 bits per heavy atom. The maximum Gasteiger partial charge on any atom is 0.251 e. The normalized spacial score (nSPS) is 11.9. The minimum Gasteiger partial charge on any atom is -0.600 e. The molecule has 0 rings (SSSR count). The number of ether oxygens (including phenoxy) is 1. The topological polar surface area (TPSA) is 78.8 Å². The summed E-state index contributed by atoms with van der Waals surface area (Å²) in [5, 5.41) is 10.8. The molecule has 108 valence electrons. The molecular formula is C7H16B8NO4SSi-. The first-order valence-electron chi connectivity index (χ1n) is 6.53. The number of rotatable bonds is 6. The molecule has 0 saturated heterocycles. The van der Waals surface area contributed by atoms with Gasteiger partial charge < -0.3 is 9.84 Å². The summed E-state index contributed by atoms with van der Waals surface area (Å²) in [5.41, 5.74) is 0. The average molecular weight is 325 g/mol. The molecule has 0 saturated carbocycles. The first-order chi connectivity index (χ1) is 9.65. The van der Waals surface area contributed by atoms with Gasteiger partial charge in [0.1, 0.15) is 0 Å². The number of nitrogens with zero attached hydrogens (tertiary/aromatic N) is 1. The molecule has 0 aromatic rings. The highest BCUT2D eigenvalue weighted by Crippen LogP contribution is 2.07. The van der Waals surface area contributed by atoms with E-state index in [2.05, 4.69) is 28.8 Å². The third-order valence-corrected chi connectivity index (χ3v) is 4.39. The molecular weight excluding hydrogens is 309 g/mol. The maximum atomic E-state index is 10.8. The van der Waals surface area contributed by atoms with Gasteiger partial charge in [-0.05, 0) is 12.7 Å². The Labute approximate surface area is 143 Å². The van der Waals surface area contributed by atoms with Crippen LogP contribution in [0.15, 0.2) is 4.40 Å². The summed E-state index contributed by atoms with van der Waals surface area (Å²) < 4.78 is 28.6. The molecule has 0 unspecified atom stereocenters. The quantitative estimate of drug-likeness (QED) is 0.296. The van der Waals surface area contributed by atoms with Crippen LogP contribution in [-0.2, 0) is 14.8 Å². The minimum atomic E-state index is -3.63. The molecule has 0 aliphatic carbocycles. The lowest BCUT2D eigenvalue weighted by Crippen LogP contribution is -2.52. The number of hydrogen-bond acceptors (Lipinski definition) is 4. The van der Waals surface area contributed by atoms with E-state index in [1.54, 1.807) is 0 Å². The fraction of sp³-hybridized carbons (Fsp3) is 0.857. The van der Waals surface area contributed by atoms with Crippen LogP contribution in [0.5, 0.6) is 0 Å². The van der Waals surface area contributed by atoms with E-state index in [1.807, 2.05) is 0 Å². The van der Waals surface area contributed by atoms with Crippen molar-refractivity contribution in [2.75, 3.05) is 12.9 Å². The van der Waals surface area contributed by atoms with Gasteiger partial charge in [-0.25, -0.2) is 8.42 Å². The van der Waals surface area contributed by atoms with Crippen LogP contribution in [0.25, 0.3) is 0 Å². The molecule has 10 radical (unpaired) electrons. The van der Waals surface area contributed by atoms with Crippen LogP contribution in [0.4, 0.5) is 0 Å². The van der Waals surface area contributed by atoms with Crippen LogP contribution >= 0.6 is 0 Å². The van der Waals surface area contributed by atoms with Crippen LogP contribution < -0.4 is 5.11 Å². The Bertz CT molecular complexity index is 432. The van der Waals surface area contributed by atoms with E-state index < -0.39 is 43.3 Å². The highest BCUT2D eigenvalue weighted by atomic mass is 32.2. The van der Waals surface area contributed by atoms with E-state index in [9.17, 15) is 13.5 Å². The fourth-order valence-corrected chi connectivity index (χ4v) is 1.90. The smallest absolute Gasteiger partial charge is 0.251 e. The molecule has 22 heavy (non-hydrogen) atoms. The lowest BCUT2D eigenvalue weighted by molar-refractivity contribution is -0.249. The number of hydrogen-bond donors (Lipinski definition) is 0. The van der Waals surface area contributed by atoms with E-state index >= 15 is 0 Å². The van der Waals surface area contributed by atoms with Gasteiger partial charge in [-0.1, -0.05) is 19.6 Å². The Balaban J connectivity index is 0. The predicted octanol–water partition coefficient (Wildman–Crippen LogP) is -3.03. The van der Waals surface area contributed by atoms with Crippen LogP contribution in [0.2, 0.25) is 25.7 Å². The molecule has 0 aromatic carbocycles. The molecule has 0 spiro atoms. The van der Waals surface area contributed by atoms with E-state index in [0.717, 1.165) is 12.3 Å². The predicted molar refractivity (Wildman–Crippen MR) is 102 cm³/mol. The van der Waals surface area contributed by atoms with Crippen molar-refractivity contribution >= 4 is 82.0 Å². The molecule has 0 bridgehead atoms. The van der Waals surface area contributed by atoms with Gasteiger partial charge in [0, 0.05) is 65.9 Å². The summed E-state index contributed by atoms with van der Waals surface area (Å²) in [4.78, 5) is 0. The Hall–Kier alpha value is -0.0436. The molecule has 0 N–H and O–H groups in total. The Morgan fingerprint density at radius 2 is 1.55 bits per heavy atom. The van der Waals surface area contributed by atoms with Crippen molar-refractivity contribution in [3.63, 3.8) is 0 Å². The highest BCUT2D eigenvalue weighted by molar-refractivity contribution is 7.90. The summed E-state index contributed by atoms with van der Waals surface area (Å²) in [6, 6.07) is 0.804.